The number of rotatable bonds is 6. The highest BCUT2D eigenvalue weighted by Gasteiger charge is 2.22. The first-order valence-electron chi connectivity index (χ1n) is 11.5. The lowest BCUT2D eigenvalue weighted by molar-refractivity contribution is 0.0932. The fraction of sp³-hybridized carbons (Fsp3) is 0.333. The first kappa shape index (κ1) is 22.0. The molecule has 1 aliphatic rings. The minimum Gasteiger partial charge on any atom is -0.350 e. The quantitative estimate of drug-likeness (QED) is 0.628. The highest BCUT2D eigenvalue weighted by Crippen LogP contribution is 2.24. The number of amides is 1. The van der Waals surface area contributed by atoms with Crippen molar-refractivity contribution in [2.24, 2.45) is 0 Å². The van der Waals surface area contributed by atoms with Gasteiger partial charge in [-0.2, -0.15) is 0 Å². The average Bonchev–Trinajstić information content (AvgIpc) is 3.10. The van der Waals surface area contributed by atoms with Crippen LogP contribution < -0.4 is 10.9 Å². The van der Waals surface area contributed by atoms with E-state index in [4.69, 9.17) is 0 Å². The van der Waals surface area contributed by atoms with Gasteiger partial charge in [0, 0.05) is 24.5 Å². The Morgan fingerprint density at radius 2 is 1.59 bits per heavy atom. The van der Waals surface area contributed by atoms with E-state index < -0.39 is 0 Å². The number of hydrogen-bond acceptors (Lipinski definition) is 3. The Kier molecular flexibility index (Phi) is 7.17. The van der Waals surface area contributed by atoms with E-state index in [2.05, 4.69) is 41.4 Å². The molecule has 0 saturated carbocycles. The molecule has 166 valence electrons. The van der Waals surface area contributed by atoms with E-state index >= 15 is 0 Å². The van der Waals surface area contributed by atoms with Gasteiger partial charge in [0.15, 0.2) is 0 Å². The van der Waals surface area contributed by atoms with Crippen LogP contribution in [0.4, 0.5) is 0 Å². The van der Waals surface area contributed by atoms with E-state index in [-0.39, 0.29) is 17.5 Å². The molecule has 32 heavy (non-hydrogen) atoms. The molecule has 1 amide bonds. The highest BCUT2D eigenvalue weighted by molar-refractivity contribution is 5.93. The molecule has 1 N–H and O–H groups in total. The van der Waals surface area contributed by atoms with E-state index in [0.29, 0.717) is 12.1 Å². The Balaban J connectivity index is 1.53. The fourth-order valence-electron chi connectivity index (χ4n) is 4.36. The minimum atomic E-state index is -0.165. The minimum absolute atomic E-state index is 0.137. The van der Waals surface area contributed by atoms with Crippen LogP contribution in [0.2, 0.25) is 0 Å². The van der Waals surface area contributed by atoms with Crippen molar-refractivity contribution < 1.29 is 4.79 Å². The summed E-state index contributed by atoms with van der Waals surface area (Å²) < 4.78 is 1.52. The second-order valence-corrected chi connectivity index (χ2v) is 8.55. The van der Waals surface area contributed by atoms with Crippen LogP contribution >= 0.6 is 0 Å². The molecule has 1 saturated heterocycles. The summed E-state index contributed by atoms with van der Waals surface area (Å²) in [5.74, 6) is -0.165. The molecule has 2 heterocycles. The summed E-state index contributed by atoms with van der Waals surface area (Å²) in [6.45, 7) is 4.72. The standard InChI is InChI=1S/C27H31N3O2/c1-21-11-13-22(14-12-21)25(29-17-7-2-3-8-18-29)19-28-27(32)23-15-16-26(31)30(20-23)24-9-5-4-6-10-24/h4-6,9-16,20,25H,2-3,7-8,17-19H2,1H3,(H,28,32). The van der Waals surface area contributed by atoms with Crippen molar-refractivity contribution in [3.05, 3.63) is 100.0 Å². The Labute approximate surface area is 189 Å². The van der Waals surface area contributed by atoms with Crippen LogP contribution in [-0.2, 0) is 0 Å². The zero-order valence-electron chi connectivity index (χ0n) is 18.7. The van der Waals surface area contributed by atoms with Crippen molar-refractivity contribution >= 4 is 5.91 Å². The summed E-state index contributed by atoms with van der Waals surface area (Å²) in [5, 5.41) is 3.13. The maximum atomic E-state index is 13.0. The summed E-state index contributed by atoms with van der Waals surface area (Å²) in [6.07, 6.45) is 6.55. The number of aryl methyl sites for hydroxylation is 1. The molecule has 2 aromatic carbocycles. The van der Waals surface area contributed by atoms with Crippen LogP contribution in [0.3, 0.4) is 0 Å². The molecule has 1 fully saturated rings. The number of aromatic nitrogens is 1. The summed E-state index contributed by atoms with van der Waals surface area (Å²) in [4.78, 5) is 27.9. The molecular weight excluding hydrogens is 398 g/mol. The molecule has 1 aromatic heterocycles. The number of carbonyl (C=O) groups excluding carboxylic acids is 1. The maximum absolute atomic E-state index is 13.0. The highest BCUT2D eigenvalue weighted by atomic mass is 16.2. The predicted octanol–water partition coefficient (Wildman–Crippen LogP) is 4.49. The number of para-hydroxylation sites is 1. The van der Waals surface area contributed by atoms with Crippen LogP contribution in [0.1, 0.15) is 53.2 Å². The third kappa shape index (κ3) is 5.35. The zero-order valence-corrected chi connectivity index (χ0v) is 18.7. The van der Waals surface area contributed by atoms with Gasteiger partial charge < -0.3 is 5.32 Å². The van der Waals surface area contributed by atoms with Crippen molar-refractivity contribution in [1.82, 2.24) is 14.8 Å². The Morgan fingerprint density at radius 3 is 2.28 bits per heavy atom. The second kappa shape index (κ2) is 10.4. The lowest BCUT2D eigenvalue weighted by atomic mass is 10.0. The molecular formula is C27H31N3O2. The van der Waals surface area contributed by atoms with Crippen LogP contribution in [-0.4, -0.2) is 35.0 Å². The van der Waals surface area contributed by atoms with E-state index in [0.717, 1.165) is 18.8 Å². The van der Waals surface area contributed by atoms with Gasteiger partial charge in [-0.3, -0.25) is 19.1 Å². The van der Waals surface area contributed by atoms with Gasteiger partial charge in [-0.15, -0.1) is 0 Å². The second-order valence-electron chi connectivity index (χ2n) is 8.55. The van der Waals surface area contributed by atoms with Gasteiger partial charge in [0.2, 0.25) is 0 Å². The summed E-state index contributed by atoms with van der Waals surface area (Å²) >= 11 is 0. The number of nitrogens with one attached hydrogen (secondary N) is 1. The van der Waals surface area contributed by atoms with Crippen molar-refractivity contribution in [3.8, 4) is 5.69 Å². The Morgan fingerprint density at radius 1 is 0.906 bits per heavy atom. The lowest BCUT2D eigenvalue weighted by Gasteiger charge is -2.31. The van der Waals surface area contributed by atoms with Gasteiger partial charge in [0.05, 0.1) is 11.6 Å². The molecule has 5 nitrogen and oxygen atoms in total. The van der Waals surface area contributed by atoms with Crippen LogP contribution in [0, 0.1) is 6.92 Å². The number of nitrogens with zero attached hydrogens (tertiary/aromatic N) is 2. The fourth-order valence-corrected chi connectivity index (χ4v) is 4.36. The van der Waals surface area contributed by atoms with Crippen LogP contribution in [0.15, 0.2) is 77.7 Å². The first-order chi connectivity index (χ1) is 15.6. The largest absolute Gasteiger partial charge is 0.350 e. The van der Waals surface area contributed by atoms with E-state index in [1.165, 1.54) is 47.4 Å². The zero-order chi connectivity index (χ0) is 22.3. The summed E-state index contributed by atoms with van der Waals surface area (Å²) in [5.41, 5.74) is 3.53. The summed E-state index contributed by atoms with van der Waals surface area (Å²) in [7, 11) is 0. The molecule has 5 heteroatoms. The van der Waals surface area contributed by atoms with E-state index in [1.54, 1.807) is 12.3 Å². The van der Waals surface area contributed by atoms with Crippen molar-refractivity contribution in [2.45, 2.75) is 38.6 Å². The molecule has 1 atom stereocenters. The normalized spacial score (nSPS) is 15.7. The van der Waals surface area contributed by atoms with Crippen molar-refractivity contribution in [3.63, 3.8) is 0 Å². The Bertz CT molecular complexity index is 1080. The molecule has 4 rings (SSSR count). The number of hydrogen-bond donors (Lipinski definition) is 1. The maximum Gasteiger partial charge on any atom is 0.255 e. The number of carbonyl (C=O) groups is 1. The van der Waals surface area contributed by atoms with Crippen molar-refractivity contribution in [1.29, 1.82) is 0 Å². The van der Waals surface area contributed by atoms with Crippen LogP contribution in [0.25, 0.3) is 5.69 Å². The number of pyridine rings is 1. The summed E-state index contributed by atoms with van der Waals surface area (Å²) in [6, 6.07) is 21.2. The average molecular weight is 430 g/mol. The van der Waals surface area contributed by atoms with Gasteiger partial charge >= 0.3 is 0 Å². The third-order valence-corrected chi connectivity index (χ3v) is 6.21. The molecule has 0 bridgehead atoms. The molecule has 3 aromatic rings. The molecule has 1 unspecified atom stereocenters. The van der Waals surface area contributed by atoms with Gasteiger partial charge in [0.25, 0.3) is 11.5 Å². The third-order valence-electron chi connectivity index (χ3n) is 6.21. The SMILES string of the molecule is Cc1ccc(C(CNC(=O)c2ccc(=O)n(-c3ccccc3)c2)N2CCCCCC2)cc1. The monoisotopic (exact) mass is 429 g/mol. The molecule has 0 radical (unpaired) electrons. The number of benzene rings is 2. The molecule has 0 spiro atoms. The molecule has 0 aliphatic carbocycles. The predicted molar refractivity (Wildman–Crippen MR) is 128 cm³/mol. The van der Waals surface area contributed by atoms with Gasteiger partial charge in [-0.05, 0) is 56.6 Å². The van der Waals surface area contributed by atoms with Gasteiger partial charge in [0.1, 0.15) is 0 Å². The molecule has 1 aliphatic heterocycles. The topological polar surface area (TPSA) is 54.3 Å². The van der Waals surface area contributed by atoms with Gasteiger partial charge in [-0.1, -0.05) is 60.9 Å². The lowest BCUT2D eigenvalue weighted by Crippen LogP contribution is -2.39. The smallest absolute Gasteiger partial charge is 0.255 e. The van der Waals surface area contributed by atoms with Gasteiger partial charge in [-0.25, -0.2) is 0 Å². The number of likely N-dealkylation sites (tertiary alicyclic amines) is 1. The van der Waals surface area contributed by atoms with Crippen molar-refractivity contribution in [2.75, 3.05) is 19.6 Å². The van der Waals surface area contributed by atoms with Crippen LogP contribution in [0.5, 0.6) is 0 Å². The Hall–Kier alpha value is -3.18. The first-order valence-corrected chi connectivity index (χ1v) is 11.5. The van der Waals surface area contributed by atoms with E-state index in [1.807, 2.05) is 30.3 Å². The van der Waals surface area contributed by atoms with E-state index in [9.17, 15) is 9.59 Å².